The van der Waals surface area contributed by atoms with Gasteiger partial charge in [0.15, 0.2) is 5.13 Å². The number of nitrogens with zero attached hydrogens (tertiary/aromatic N) is 1. The number of fused-ring (bicyclic) bond motifs is 1. The molecule has 0 saturated heterocycles. The van der Waals surface area contributed by atoms with E-state index < -0.39 is 0 Å². The molecule has 0 fully saturated rings. The summed E-state index contributed by atoms with van der Waals surface area (Å²) < 4.78 is 7.38. The molecule has 0 radical (unpaired) electrons. The van der Waals surface area contributed by atoms with Crippen molar-refractivity contribution in [1.82, 2.24) is 4.98 Å². The van der Waals surface area contributed by atoms with E-state index in [-0.39, 0.29) is 0 Å². The molecule has 0 spiro atoms. The highest BCUT2D eigenvalue weighted by Crippen LogP contribution is 2.33. The third kappa shape index (κ3) is 2.64. The molecule has 20 heavy (non-hydrogen) atoms. The highest BCUT2D eigenvalue weighted by Gasteiger charge is 2.07. The van der Waals surface area contributed by atoms with Gasteiger partial charge in [-0.3, -0.25) is 0 Å². The van der Waals surface area contributed by atoms with E-state index in [2.05, 4.69) is 45.3 Å². The minimum Gasteiger partial charge on any atom is -0.497 e. The standard InChI is InChI=1S/C15H13BrN2OS/c1-9-3-5-12(11(16)7-9)17-15-18-13-6-4-10(19-2)8-14(13)20-15/h3-8H,1-2H3,(H,17,18). The van der Waals surface area contributed by atoms with Gasteiger partial charge in [-0.05, 0) is 58.7 Å². The van der Waals surface area contributed by atoms with E-state index in [1.54, 1.807) is 18.4 Å². The number of anilines is 2. The van der Waals surface area contributed by atoms with Crippen LogP contribution in [0.3, 0.4) is 0 Å². The normalized spacial score (nSPS) is 10.8. The Labute approximate surface area is 129 Å². The first-order chi connectivity index (χ1) is 9.65. The number of hydrogen-bond donors (Lipinski definition) is 1. The topological polar surface area (TPSA) is 34.1 Å². The Bertz CT molecular complexity index is 770. The third-order valence-corrected chi connectivity index (χ3v) is 4.55. The Morgan fingerprint density at radius 3 is 2.80 bits per heavy atom. The van der Waals surface area contributed by atoms with Crippen molar-refractivity contribution in [1.29, 1.82) is 0 Å². The van der Waals surface area contributed by atoms with Crippen LogP contribution < -0.4 is 10.1 Å². The summed E-state index contributed by atoms with van der Waals surface area (Å²) in [6.07, 6.45) is 0. The molecular weight excluding hydrogens is 336 g/mol. The van der Waals surface area contributed by atoms with Gasteiger partial charge < -0.3 is 10.1 Å². The first kappa shape index (κ1) is 13.4. The zero-order chi connectivity index (χ0) is 14.1. The van der Waals surface area contributed by atoms with Crippen LogP contribution in [0.5, 0.6) is 5.75 Å². The van der Waals surface area contributed by atoms with E-state index in [0.29, 0.717) is 0 Å². The van der Waals surface area contributed by atoms with E-state index in [4.69, 9.17) is 4.74 Å². The van der Waals surface area contributed by atoms with E-state index in [0.717, 1.165) is 31.3 Å². The summed E-state index contributed by atoms with van der Waals surface area (Å²) in [6, 6.07) is 12.1. The zero-order valence-electron chi connectivity index (χ0n) is 11.1. The summed E-state index contributed by atoms with van der Waals surface area (Å²) in [5.74, 6) is 0.851. The van der Waals surface area contributed by atoms with Gasteiger partial charge in [0.25, 0.3) is 0 Å². The molecule has 0 aliphatic heterocycles. The lowest BCUT2D eigenvalue weighted by molar-refractivity contribution is 0.415. The van der Waals surface area contributed by atoms with Gasteiger partial charge in [0.05, 0.1) is 23.0 Å². The predicted molar refractivity (Wildman–Crippen MR) is 88.3 cm³/mol. The number of halogens is 1. The Balaban J connectivity index is 1.94. The van der Waals surface area contributed by atoms with Crippen LogP contribution in [0.4, 0.5) is 10.8 Å². The van der Waals surface area contributed by atoms with Crippen molar-refractivity contribution in [2.75, 3.05) is 12.4 Å². The number of rotatable bonds is 3. The molecule has 1 N–H and O–H groups in total. The van der Waals surface area contributed by atoms with Crippen LogP contribution in [0.1, 0.15) is 5.56 Å². The maximum absolute atomic E-state index is 5.23. The monoisotopic (exact) mass is 348 g/mol. The van der Waals surface area contributed by atoms with Crippen molar-refractivity contribution in [2.45, 2.75) is 6.92 Å². The quantitative estimate of drug-likeness (QED) is 0.713. The number of ether oxygens (including phenoxy) is 1. The smallest absolute Gasteiger partial charge is 0.188 e. The minimum absolute atomic E-state index is 0.851. The van der Waals surface area contributed by atoms with E-state index in [1.807, 2.05) is 24.3 Å². The van der Waals surface area contributed by atoms with E-state index >= 15 is 0 Å². The molecule has 0 unspecified atom stereocenters. The first-order valence-corrected chi connectivity index (χ1v) is 7.74. The second kappa shape index (κ2) is 5.42. The van der Waals surface area contributed by atoms with Gasteiger partial charge in [0.2, 0.25) is 0 Å². The number of aromatic nitrogens is 1. The SMILES string of the molecule is COc1ccc2nc(Nc3ccc(C)cc3Br)sc2c1. The Morgan fingerprint density at radius 1 is 1.20 bits per heavy atom. The molecule has 0 amide bonds. The Morgan fingerprint density at radius 2 is 2.05 bits per heavy atom. The summed E-state index contributed by atoms with van der Waals surface area (Å²) in [6.45, 7) is 2.07. The van der Waals surface area contributed by atoms with Crippen LogP contribution in [0, 0.1) is 6.92 Å². The lowest BCUT2D eigenvalue weighted by Gasteiger charge is -2.05. The predicted octanol–water partition coefficient (Wildman–Crippen LogP) is 5.12. The zero-order valence-corrected chi connectivity index (χ0v) is 13.5. The average Bonchev–Trinajstić information content (AvgIpc) is 2.83. The number of methoxy groups -OCH3 is 1. The molecule has 5 heteroatoms. The maximum Gasteiger partial charge on any atom is 0.188 e. The Hall–Kier alpha value is -1.59. The fourth-order valence-corrected chi connectivity index (χ4v) is 3.42. The summed E-state index contributed by atoms with van der Waals surface area (Å²) in [5, 5.41) is 4.22. The summed E-state index contributed by atoms with van der Waals surface area (Å²) in [5.41, 5.74) is 3.21. The van der Waals surface area contributed by atoms with Gasteiger partial charge in [-0.2, -0.15) is 0 Å². The van der Waals surface area contributed by atoms with Gasteiger partial charge in [-0.15, -0.1) is 0 Å². The molecule has 1 aromatic heterocycles. The van der Waals surface area contributed by atoms with Gasteiger partial charge in [-0.25, -0.2) is 4.98 Å². The molecular formula is C15H13BrN2OS. The van der Waals surface area contributed by atoms with Crippen LogP contribution in [-0.2, 0) is 0 Å². The molecule has 3 rings (SSSR count). The molecule has 3 nitrogen and oxygen atoms in total. The van der Waals surface area contributed by atoms with Crippen LogP contribution in [0.2, 0.25) is 0 Å². The van der Waals surface area contributed by atoms with Crippen molar-refractivity contribution in [2.24, 2.45) is 0 Å². The molecule has 0 bridgehead atoms. The highest BCUT2D eigenvalue weighted by molar-refractivity contribution is 9.10. The fourth-order valence-electron chi connectivity index (χ4n) is 1.92. The molecule has 1 heterocycles. The Kier molecular flexibility index (Phi) is 3.63. The second-order valence-electron chi connectivity index (χ2n) is 4.46. The van der Waals surface area contributed by atoms with E-state index in [1.165, 1.54) is 5.56 Å². The van der Waals surface area contributed by atoms with Crippen LogP contribution >= 0.6 is 27.3 Å². The summed E-state index contributed by atoms with van der Waals surface area (Å²) >= 11 is 5.18. The van der Waals surface area contributed by atoms with Crippen molar-refractivity contribution in [3.05, 3.63) is 46.4 Å². The lowest BCUT2D eigenvalue weighted by Crippen LogP contribution is -1.90. The van der Waals surface area contributed by atoms with Crippen molar-refractivity contribution in [3.63, 3.8) is 0 Å². The first-order valence-electron chi connectivity index (χ1n) is 6.13. The fraction of sp³-hybridized carbons (Fsp3) is 0.133. The van der Waals surface area contributed by atoms with Crippen molar-refractivity contribution >= 4 is 48.3 Å². The average molecular weight is 349 g/mol. The van der Waals surface area contributed by atoms with Crippen molar-refractivity contribution in [3.8, 4) is 5.75 Å². The number of nitrogens with one attached hydrogen (secondary N) is 1. The van der Waals surface area contributed by atoms with Crippen LogP contribution in [-0.4, -0.2) is 12.1 Å². The maximum atomic E-state index is 5.23. The van der Waals surface area contributed by atoms with Gasteiger partial charge in [-0.1, -0.05) is 17.4 Å². The molecule has 3 aromatic rings. The van der Waals surface area contributed by atoms with Gasteiger partial charge >= 0.3 is 0 Å². The molecule has 0 atom stereocenters. The second-order valence-corrected chi connectivity index (χ2v) is 6.35. The number of aryl methyl sites for hydroxylation is 1. The minimum atomic E-state index is 0.851. The molecule has 0 aliphatic rings. The molecule has 2 aromatic carbocycles. The summed E-state index contributed by atoms with van der Waals surface area (Å²) in [7, 11) is 1.67. The number of benzene rings is 2. The molecule has 0 saturated carbocycles. The number of hydrogen-bond acceptors (Lipinski definition) is 4. The lowest BCUT2D eigenvalue weighted by atomic mass is 10.2. The highest BCUT2D eigenvalue weighted by atomic mass is 79.9. The van der Waals surface area contributed by atoms with Crippen molar-refractivity contribution < 1.29 is 4.74 Å². The van der Waals surface area contributed by atoms with Crippen LogP contribution in [0.25, 0.3) is 10.2 Å². The van der Waals surface area contributed by atoms with Gasteiger partial charge in [0, 0.05) is 4.47 Å². The van der Waals surface area contributed by atoms with E-state index in [9.17, 15) is 0 Å². The molecule has 0 aliphatic carbocycles. The number of thiazole rings is 1. The van der Waals surface area contributed by atoms with Gasteiger partial charge in [0.1, 0.15) is 5.75 Å². The largest absolute Gasteiger partial charge is 0.497 e. The third-order valence-electron chi connectivity index (χ3n) is 2.96. The van der Waals surface area contributed by atoms with Crippen LogP contribution in [0.15, 0.2) is 40.9 Å². The summed E-state index contributed by atoms with van der Waals surface area (Å²) in [4.78, 5) is 4.58. The molecule has 102 valence electrons.